The molecule has 0 aliphatic carbocycles. The van der Waals surface area contributed by atoms with Crippen LogP contribution >= 0.6 is 0 Å². The summed E-state index contributed by atoms with van der Waals surface area (Å²) in [4.78, 5) is 9.00. The number of methoxy groups -OCH3 is 1. The van der Waals surface area contributed by atoms with Gasteiger partial charge in [-0.2, -0.15) is 0 Å². The second-order valence-electron chi connectivity index (χ2n) is 4.35. The number of carboxylic acid groups (broad SMARTS) is 1. The Labute approximate surface area is 125 Å². The van der Waals surface area contributed by atoms with Crippen molar-refractivity contribution in [3.05, 3.63) is 35.6 Å². The predicted molar refractivity (Wildman–Crippen MR) is 87.8 cm³/mol. The molecule has 0 fully saturated rings. The number of rotatable bonds is 5. The van der Waals surface area contributed by atoms with Crippen molar-refractivity contribution in [3.8, 4) is 0 Å². The Morgan fingerprint density at radius 1 is 1.10 bits per heavy atom. The lowest BCUT2D eigenvalue weighted by molar-refractivity contribution is -0.134. The Morgan fingerprint density at radius 3 is 1.80 bits per heavy atom. The Hall–Kier alpha value is -1.51. The van der Waals surface area contributed by atoms with Crippen molar-refractivity contribution in [3.63, 3.8) is 0 Å². The van der Waals surface area contributed by atoms with Gasteiger partial charge in [-0.15, -0.1) is 0 Å². The average molecular weight is 284 g/mol. The molecule has 0 heterocycles. The van der Waals surface area contributed by atoms with Crippen LogP contribution in [-0.4, -0.2) is 18.2 Å². The van der Waals surface area contributed by atoms with Crippen LogP contribution in [0.15, 0.2) is 35.6 Å². The van der Waals surface area contributed by atoms with E-state index in [2.05, 4.69) is 40.7 Å². The molecule has 3 nitrogen and oxygen atoms in total. The largest absolute Gasteiger partial charge is 0.497 e. The summed E-state index contributed by atoms with van der Waals surface area (Å²) in [5.41, 5.74) is 1.24. The molecule has 0 aliphatic heterocycles. The second kappa shape index (κ2) is 19.8. The van der Waals surface area contributed by atoms with Crippen LogP contribution in [0.1, 0.15) is 60.8 Å². The number of aliphatic carboxylic acids is 1. The summed E-state index contributed by atoms with van der Waals surface area (Å²) in [6.07, 6.45) is 11.8. The number of ether oxygens (including phenoxy) is 1. The van der Waals surface area contributed by atoms with E-state index in [1.807, 2.05) is 18.2 Å². The number of carboxylic acids is 1. The Bertz CT molecular complexity index is 289. The molecule has 0 radical (unpaired) electrons. The smallest absolute Gasteiger partial charge is 0.300 e. The molecule has 0 aliphatic rings. The van der Waals surface area contributed by atoms with Gasteiger partial charge in [0.1, 0.15) is 5.76 Å². The molecule has 20 heavy (non-hydrogen) atoms. The topological polar surface area (TPSA) is 46.5 Å². The van der Waals surface area contributed by atoms with Crippen LogP contribution in [-0.2, 0) is 9.53 Å². The SMILES string of the molecule is CC(=O)O.CC/C=C/C=C(\C=C(C)C)OC.CCCC. The maximum absolute atomic E-state index is 9.00. The zero-order valence-corrected chi connectivity index (χ0v) is 14.2. The van der Waals surface area contributed by atoms with Gasteiger partial charge in [-0.1, -0.05) is 51.3 Å². The molecule has 0 atom stereocenters. The fraction of sp³-hybridized carbons (Fsp3) is 0.588. The zero-order chi connectivity index (χ0) is 16.4. The number of hydrogen-bond acceptors (Lipinski definition) is 2. The number of allylic oxidation sites excluding steroid dienone is 5. The Balaban J connectivity index is -0.000000297. The fourth-order valence-electron chi connectivity index (χ4n) is 0.759. The molecule has 0 aromatic carbocycles. The van der Waals surface area contributed by atoms with Crippen molar-refractivity contribution >= 4 is 5.97 Å². The van der Waals surface area contributed by atoms with E-state index < -0.39 is 5.97 Å². The highest BCUT2D eigenvalue weighted by molar-refractivity contribution is 5.62. The lowest BCUT2D eigenvalue weighted by Crippen LogP contribution is -1.81. The van der Waals surface area contributed by atoms with Gasteiger partial charge in [-0.25, -0.2) is 0 Å². The normalized spacial score (nSPS) is 9.85. The van der Waals surface area contributed by atoms with Gasteiger partial charge in [-0.3, -0.25) is 4.79 Å². The molecule has 0 saturated heterocycles. The van der Waals surface area contributed by atoms with Crippen LogP contribution in [0.4, 0.5) is 0 Å². The van der Waals surface area contributed by atoms with Crippen LogP contribution in [0.5, 0.6) is 0 Å². The summed E-state index contributed by atoms with van der Waals surface area (Å²) in [6, 6.07) is 0. The molecule has 0 aromatic rings. The van der Waals surface area contributed by atoms with E-state index in [0.29, 0.717) is 0 Å². The highest BCUT2D eigenvalue weighted by Crippen LogP contribution is 2.02. The van der Waals surface area contributed by atoms with Crippen molar-refractivity contribution < 1.29 is 14.6 Å². The summed E-state index contributed by atoms with van der Waals surface area (Å²) in [7, 11) is 1.69. The van der Waals surface area contributed by atoms with Crippen LogP contribution in [0.25, 0.3) is 0 Å². The lowest BCUT2D eigenvalue weighted by atomic mass is 10.3. The van der Waals surface area contributed by atoms with Gasteiger partial charge in [0.25, 0.3) is 5.97 Å². The molecule has 118 valence electrons. The van der Waals surface area contributed by atoms with Gasteiger partial charge < -0.3 is 9.84 Å². The standard InChI is InChI=1S/C11H18O.C4H10.C2H4O2/c1-5-6-7-8-11(12-4)9-10(2)3;1-3-4-2;1-2(3)4/h6-9H,5H2,1-4H3;3-4H2,1-2H3;1H3,(H,3,4)/b7-6+,11-8+;;. The van der Waals surface area contributed by atoms with Gasteiger partial charge in [0.15, 0.2) is 0 Å². The first-order valence-corrected chi connectivity index (χ1v) is 7.10. The van der Waals surface area contributed by atoms with E-state index in [4.69, 9.17) is 14.6 Å². The van der Waals surface area contributed by atoms with Crippen molar-refractivity contribution in [2.75, 3.05) is 7.11 Å². The zero-order valence-electron chi connectivity index (χ0n) is 14.2. The highest BCUT2D eigenvalue weighted by atomic mass is 16.5. The first-order chi connectivity index (χ1) is 9.35. The lowest BCUT2D eigenvalue weighted by Gasteiger charge is -1.98. The number of unbranched alkanes of at least 4 members (excludes halogenated alkanes) is 1. The van der Waals surface area contributed by atoms with Crippen LogP contribution in [0.2, 0.25) is 0 Å². The Morgan fingerprint density at radius 2 is 1.55 bits per heavy atom. The molecule has 0 unspecified atom stereocenters. The van der Waals surface area contributed by atoms with Crippen molar-refractivity contribution in [1.82, 2.24) is 0 Å². The van der Waals surface area contributed by atoms with E-state index in [1.165, 1.54) is 18.4 Å². The van der Waals surface area contributed by atoms with Crippen LogP contribution in [0, 0.1) is 0 Å². The summed E-state index contributed by atoms with van der Waals surface area (Å²) in [6.45, 7) is 11.7. The quantitative estimate of drug-likeness (QED) is 0.547. The molecular weight excluding hydrogens is 252 g/mol. The summed E-state index contributed by atoms with van der Waals surface area (Å²) in [5, 5.41) is 7.42. The van der Waals surface area contributed by atoms with E-state index in [9.17, 15) is 0 Å². The summed E-state index contributed by atoms with van der Waals surface area (Å²) < 4.78 is 5.14. The van der Waals surface area contributed by atoms with Gasteiger partial charge in [0, 0.05) is 6.92 Å². The third-order valence-electron chi connectivity index (χ3n) is 1.80. The second-order valence-corrected chi connectivity index (χ2v) is 4.35. The number of carbonyl (C=O) groups is 1. The predicted octanol–water partition coefficient (Wildman–Crippen LogP) is 5.35. The van der Waals surface area contributed by atoms with Gasteiger partial charge in [0.2, 0.25) is 0 Å². The highest BCUT2D eigenvalue weighted by Gasteiger charge is 1.86. The monoisotopic (exact) mass is 284 g/mol. The third kappa shape index (κ3) is 36.0. The van der Waals surface area contributed by atoms with Gasteiger partial charge in [0.05, 0.1) is 7.11 Å². The average Bonchev–Trinajstić information content (AvgIpc) is 2.37. The minimum atomic E-state index is -0.833. The molecule has 0 bridgehead atoms. The molecule has 3 heteroatoms. The molecular formula is C17H32O3. The Kier molecular flexibility index (Phi) is 23.4. The third-order valence-corrected chi connectivity index (χ3v) is 1.80. The van der Waals surface area contributed by atoms with E-state index in [-0.39, 0.29) is 0 Å². The molecule has 0 rings (SSSR count). The maximum atomic E-state index is 9.00. The van der Waals surface area contributed by atoms with Gasteiger partial charge in [-0.05, 0) is 32.4 Å². The molecule has 1 N–H and O–H groups in total. The first-order valence-electron chi connectivity index (χ1n) is 7.10. The van der Waals surface area contributed by atoms with E-state index in [0.717, 1.165) is 19.1 Å². The van der Waals surface area contributed by atoms with Crippen molar-refractivity contribution in [2.45, 2.75) is 60.8 Å². The van der Waals surface area contributed by atoms with E-state index >= 15 is 0 Å². The molecule has 0 spiro atoms. The summed E-state index contributed by atoms with van der Waals surface area (Å²) in [5.74, 6) is 0.0692. The van der Waals surface area contributed by atoms with Crippen LogP contribution < -0.4 is 0 Å². The molecule has 0 saturated carbocycles. The molecule has 0 aromatic heterocycles. The number of hydrogen-bond donors (Lipinski definition) is 1. The van der Waals surface area contributed by atoms with Crippen molar-refractivity contribution in [1.29, 1.82) is 0 Å². The fourth-order valence-corrected chi connectivity index (χ4v) is 0.759. The molecule has 0 amide bonds. The summed E-state index contributed by atoms with van der Waals surface area (Å²) >= 11 is 0. The van der Waals surface area contributed by atoms with Gasteiger partial charge >= 0.3 is 0 Å². The maximum Gasteiger partial charge on any atom is 0.300 e. The first kappa shape index (κ1) is 23.6. The van der Waals surface area contributed by atoms with E-state index in [1.54, 1.807) is 7.11 Å². The van der Waals surface area contributed by atoms with Crippen molar-refractivity contribution in [2.24, 2.45) is 0 Å². The van der Waals surface area contributed by atoms with Crippen LogP contribution in [0.3, 0.4) is 0 Å². The minimum Gasteiger partial charge on any atom is -0.497 e. The minimum absolute atomic E-state index is 0.833.